The minimum Gasteiger partial charge on any atom is -0.624 e. The molecule has 30 heavy (non-hydrogen) atoms. The minimum absolute atomic E-state index is 0.0600. The molecule has 3 fully saturated rings. The largest absolute Gasteiger partial charge is 0.624 e. The van der Waals surface area contributed by atoms with Crippen molar-refractivity contribution >= 4 is 23.4 Å². The van der Waals surface area contributed by atoms with Crippen molar-refractivity contribution in [3.05, 3.63) is 34.5 Å². The molecule has 3 aliphatic heterocycles. The number of hydrogen-bond donors (Lipinski definition) is 3. The number of benzene rings is 1. The van der Waals surface area contributed by atoms with E-state index in [2.05, 4.69) is 16.0 Å². The number of nitrogens with one attached hydrogen (secondary N) is 3. The molecule has 1 spiro atoms. The van der Waals surface area contributed by atoms with E-state index in [1.54, 1.807) is 6.07 Å². The maximum atomic E-state index is 13.4. The maximum absolute atomic E-state index is 13.4. The molecule has 1 aliphatic carbocycles. The van der Waals surface area contributed by atoms with Gasteiger partial charge in [0.2, 0.25) is 5.91 Å². The Morgan fingerprint density at radius 3 is 2.67 bits per heavy atom. The fraction of sp³-hybridized carbons (Fsp3) is 0.591. The van der Waals surface area contributed by atoms with E-state index in [9.17, 15) is 19.6 Å². The quantitative estimate of drug-likeness (QED) is 0.394. The van der Waals surface area contributed by atoms with Gasteiger partial charge in [0, 0.05) is 30.6 Å². The van der Waals surface area contributed by atoms with Crippen molar-refractivity contribution < 1.29 is 19.0 Å². The summed E-state index contributed by atoms with van der Waals surface area (Å²) in [7, 11) is 0. The molecule has 3 amide bonds. The van der Waals surface area contributed by atoms with Crippen molar-refractivity contribution in [1.29, 1.82) is 0 Å². The van der Waals surface area contributed by atoms with E-state index in [4.69, 9.17) is 0 Å². The Kier molecular flexibility index (Phi) is 4.68. The number of hydrogen-bond acceptors (Lipinski definition) is 6. The van der Waals surface area contributed by atoms with Crippen LogP contribution in [-0.2, 0) is 16.1 Å². The van der Waals surface area contributed by atoms with Gasteiger partial charge in [-0.05, 0) is 68.3 Å². The van der Waals surface area contributed by atoms with E-state index < -0.39 is 22.5 Å². The molecule has 8 heteroatoms. The lowest BCUT2D eigenvalue weighted by atomic mass is 9.58. The van der Waals surface area contributed by atoms with Crippen LogP contribution in [0.3, 0.4) is 0 Å². The molecule has 5 rings (SSSR count). The van der Waals surface area contributed by atoms with E-state index in [1.165, 1.54) is 25.7 Å². The van der Waals surface area contributed by atoms with E-state index in [-0.39, 0.29) is 25.3 Å². The maximum Gasteiger partial charge on any atom is 0.347 e. The lowest BCUT2D eigenvalue weighted by Gasteiger charge is -2.50. The molecule has 0 radical (unpaired) electrons. The third kappa shape index (κ3) is 3.23. The highest BCUT2D eigenvalue weighted by Crippen LogP contribution is 2.51. The fourth-order valence-electron chi connectivity index (χ4n) is 5.84. The van der Waals surface area contributed by atoms with Gasteiger partial charge in [-0.3, -0.25) is 19.6 Å². The highest BCUT2D eigenvalue weighted by atomic mass is 16.6. The van der Waals surface area contributed by atoms with Gasteiger partial charge in [-0.2, -0.15) is 0 Å². The summed E-state index contributed by atoms with van der Waals surface area (Å²) >= 11 is 0. The van der Waals surface area contributed by atoms with Crippen LogP contribution in [0.15, 0.2) is 18.2 Å². The Morgan fingerprint density at radius 1 is 1.17 bits per heavy atom. The summed E-state index contributed by atoms with van der Waals surface area (Å²) in [6, 6.07) is 4.35. The predicted octanol–water partition coefficient (Wildman–Crippen LogP) is 1.65. The Morgan fingerprint density at radius 2 is 1.93 bits per heavy atom. The smallest absolute Gasteiger partial charge is 0.347 e. The SMILES string of the molecule is O=C1CCC([N+]2([O-])Cc3cc(NCC4CC5(CCNCC5)C4)ccc3C2=O)C(=O)N1. The normalized spacial score (nSPS) is 30.7. The summed E-state index contributed by atoms with van der Waals surface area (Å²) in [6.07, 6.45) is 5.27. The first-order valence-corrected chi connectivity index (χ1v) is 10.9. The van der Waals surface area contributed by atoms with Crippen LogP contribution in [0.4, 0.5) is 5.69 Å². The first-order chi connectivity index (χ1) is 14.4. The molecule has 0 aromatic heterocycles. The first-order valence-electron chi connectivity index (χ1n) is 10.9. The van der Waals surface area contributed by atoms with Gasteiger partial charge in [-0.25, -0.2) is 4.79 Å². The molecule has 1 saturated carbocycles. The summed E-state index contributed by atoms with van der Waals surface area (Å²) in [5.41, 5.74) is 2.51. The molecule has 4 aliphatic rings. The molecule has 3 heterocycles. The first kappa shape index (κ1) is 19.7. The number of fused-ring (bicyclic) bond motifs is 1. The number of piperidine rings is 2. The number of nitrogens with zero attached hydrogens (tertiary/aromatic N) is 1. The third-order valence-electron chi connectivity index (χ3n) is 7.50. The molecular formula is C22H28N4O4. The van der Waals surface area contributed by atoms with Crippen LogP contribution in [0.5, 0.6) is 0 Å². The Bertz CT molecular complexity index is 902. The second-order valence-electron chi connectivity index (χ2n) is 9.50. The van der Waals surface area contributed by atoms with E-state index in [1.807, 2.05) is 12.1 Å². The van der Waals surface area contributed by atoms with Crippen LogP contribution in [0.25, 0.3) is 0 Å². The average molecular weight is 412 g/mol. The zero-order valence-corrected chi connectivity index (χ0v) is 17.0. The van der Waals surface area contributed by atoms with Gasteiger partial charge >= 0.3 is 5.91 Å². The van der Waals surface area contributed by atoms with Crippen molar-refractivity contribution in [3.63, 3.8) is 0 Å². The minimum atomic E-state index is -1.23. The molecule has 1 aromatic carbocycles. The highest BCUT2D eigenvalue weighted by Gasteiger charge is 2.49. The molecule has 2 saturated heterocycles. The molecule has 2 unspecified atom stereocenters. The lowest BCUT2D eigenvalue weighted by Crippen LogP contribution is -2.60. The molecular weight excluding hydrogens is 384 g/mol. The van der Waals surface area contributed by atoms with Crippen molar-refractivity contribution in [2.75, 3.05) is 25.0 Å². The van der Waals surface area contributed by atoms with Crippen molar-refractivity contribution in [3.8, 4) is 0 Å². The summed E-state index contributed by atoms with van der Waals surface area (Å²) in [5.74, 6) is -0.952. The molecule has 160 valence electrons. The number of carbonyl (C=O) groups excluding carboxylic acids is 3. The van der Waals surface area contributed by atoms with Gasteiger partial charge in [0.15, 0.2) is 6.04 Å². The van der Waals surface area contributed by atoms with Gasteiger partial charge in [0.1, 0.15) is 6.54 Å². The van der Waals surface area contributed by atoms with Gasteiger partial charge in [-0.15, -0.1) is 0 Å². The van der Waals surface area contributed by atoms with Crippen LogP contribution in [0.1, 0.15) is 54.4 Å². The summed E-state index contributed by atoms with van der Waals surface area (Å²) in [5, 5.41) is 22.5. The molecule has 0 bridgehead atoms. The zero-order valence-electron chi connectivity index (χ0n) is 17.0. The zero-order chi connectivity index (χ0) is 20.9. The third-order valence-corrected chi connectivity index (χ3v) is 7.50. The van der Waals surface area contributed by atoms with E-state index in [0.29, 0.717) is 22.5 Å². The standard InChI is InChI=1S/C22H28N4O4/c27-19-4-3-18(20(28)25-19)26(30)13-15-9-16(1-2-17(15)21(26)29)24-12-14-10-22(11-14)5-7-23-8-6-22/h1-2,9,14,18,23-24H,3-8,10-13H2,(H,25,27,28). The van der Waals surface area contributed by atoms with Crippen LogP contribution in [0.2, 0.25) is 0 Å². The second-order valence-corrected chi connectivity index (χ2v) is 9.50. The number of carbonyl (C=O) groups is 3. The van der Waals surface area contributed by atoms with Gasteiger partial charge in [0.25, 0.3) is 5.91 Å². The van der Waals surface area contributed by atoms with Crippen LogP contribution < -0.4 is 16.0 Å². The summed E-state index contributed by atoms with van der Waals surface area (Å²) < 4.78 is -1.23. The molecule has 1 aromatic rings. The number of imide groups is 1. The average Bonchev–Trinajstić information content (AvgIpc) is 2.96. The Labute approximate surface area is 175 Å². The predicted molar refractivity (Wildman–Crippen MR) is 110 cm³/mol. The Balaban J connectivity index is 1.23. The second kappa shape index (κ2) is 7.14. The van der Waals surface area contributed by atoms with Crippen LogP contribution in [-0.4, -0.2) is 48.0 Å². The lowest BCUT2D eigenvalue weighted by molar-refractivity contribution is -0.825. The number of quaternary nitrogens is 1. The van der Waals surface area contributed by atoms with Crippen LogP contribution in [0, 0.1) is 16.5 Å². The van der Waals surface area contributed by atoms with Gasteiger partial charge < -0.3 is 15.8 Å². The summed E-state index contributed by atoms with van der Waals surface area (Å²) in [6.45, 7) is 3.09. The van der Waals surface area contributed by atoms with Gasteiger partial charge in [0.05, 0.1) is 5.56 Å². The fourth-order valence-corrected chi connectivity index (χ4v) is 5.84. The number of hydroxylamine groups is 3. The monoisotopic (exact) mass is 412 g/mol. The van der Waals surface area contributed by atoms with Crippen molar-refractivity contribution in [2.24, 2.45) is 11.3 Å². The van der Waals surface area contributed by atoms with E-state index >= 15 is 0 Å². The highest BCUT2D eigenvalue weighted by molar-refractivity contribution is 6.02. The summed E-state index contributed by atoms with van der Waals surface area (Å²) in [4.78, 5) is 36.4. The Hall–Kier alpha value is -2.29. The number of anilines is 1. The number of amides is 3. The molecule has 2 atom stereocenters. The van der Waals surface area contributed by atoms with Gasteiger partial charge in [-0.1, -0.05) is 0 Å². The van der Waals surface area contributed by atoms with Crippen LogP contribution >= 0.6 is 0 Å². The number of rotatable bonds is 4. The molecule has 3 N–H and O–H groups in total. The van der Waals surface area contributed by atoms with Crippen molar-refractivity contribution in [2.45, 2.75) is 51.1 Å². The van der Waals surface area contributed by atoms with Crippen molar-refractivity contribution in [1.82, 2.24) is 10.6 Å². The van der Waals surface area contributed by atoms with E-state index in [0.717, 1.165) is 25.3 Å². The topological polar surface area (TPSA) is 110 Å². The molecule has 8 nitrogen and oxygen atoms in total.